The normalized spacial score (nSPS) is 12.7. The number of carbonyl (C=O) groups is 1. The van der Waals surface area contributed by atoms with Gasteiger partial charge in [0.15, 0.2) is 11.5 Å². The molecule has 2 rings (SSSR count). The summed E-state index contributed by atoms with van der Waals surface area (Å²) in [6, 6.07) is 1.77. The van der Waals surface area contributed by atoms with Crippen molar-refractivity contribution in [1.29, 1.82) is 0 Å². The fourth-order valence-electron chi connectivity index (χ4n) is 2.09. The topological polar surface area (TPSA) is 66.0 Å². The van der Waals surface area contributed by atoms with Gasteiger partial charge in [-0.2, -0.15) is 0 Å². The molecule has 0 aromatic heterocycles. The van der Waals surface area contributed by atoms with E-state index < -0.39 is 0 Å². The Bertz CT molecular complexity index is 541. The van der Waals surface area contributed by atoms with E-state index in [-0.39, 0.29) is 5.91 Å². The van der Waals surface area contributed by atoms with Gasteiger partial charge in [0.25, 0.3) is 5.91 Å². The lowest BCUT2D eigenvalue weighted by Gasteiger charge is -2.24. The summed E-state index contributed by atoms with van der Waals surface area (Å²) in [5.74, 6) is 1.13. The van der Waals surface area contributed by atoms with Crippen molar-refractivity contribution in [2.75, 3.05) is 33.5 Å². The second-order valence-electron chi connectivity index (χ2n) is 4.44. The highest BCUT2D eigenvalue weighted by atomic mass is 16.6. The minimum Gasteiger partial charge on any atom is -0.487 e. The number of hydrogen-bond acceptors (Lipinski definition) is 5. The summed E-state index contributed by atoms with van der Waals surface area (Å²) in [6.45, 7) is 6.98. The highest BCUT2D eigenvalue weighted by Gasteiger charge is 2.26. The predicted molar refractivity (Wildman–Crippen MR) is 77.2 cm³/mol. The summed E-state index contributed by atoms with van der Waals surface area (Å²) in [4.78, 5) is 12.1. The highest BCUT2D eigenvalue weighted by molar-refractivity contribution is 6.00. The van der Waals surface area contributed by atoms with Gasteiger partial charge in [0.1, 0.15) is 19.8 Å². The Kier molecular flexibility index (Phi) is 5.05. The van der Waals surface area contributed by atoms with E-state index in [1.54, 1.807) is 13.2 Å². The van der Waals surface area contributed by atoms with Gasteiger partial charge in [-0.3, -0.25) is 4.79 Å². The molecule has 0 radical (unpaired) electrons. The average Bonchev–Trinajstić information content (AvgIpc) is 2.47. The van der Waals surface area contributed by atoms with Crippen molar-refractivity contribution in [3.05, 3.63) is 30.0 Å². The molecule has 1 aliphatic heterocycles. The molecule has 0 saturated heterocycles. The van der Waals surface area contributed by atoms with Crippen molar-refractivity contribution in [3.63, 3.8) is 0 Å². The summed E-state index contributed by atoms with van der Waals surface area (Å²) in [7, 11) is 1.60. The van der Waals surface area contributed by atoms with Crippen molar-refractivity contribution in [1.82, 2.24) is 5.32 Å². The molecule has 0 fully saturated rings. The van der Waals surface area contributed by atoms with E-state index in [2.05, 4.69) is 11.9 Å². The maximum absolute atomic E-state index is 12.1. The molecule has 0 spiro atoms. The Morgan fingerprint density at radius 2 is 2.10 bits per heavy atom. The van der Waals surface area contributed by atoms with Gasteiger partial charge in [-0.05, 0) is 24.8 Å². The molecule has 1 heterocycles. The molecule has 114 valence electrons. The fraction of sp³-hybridized carbons (Fsp3) is 0.400. The first-order chi connectivity index (χ1) is 10.2. The van der Waals surface area contributed by atoms with Gasteiger partial charge >= 0.3 is 0 Å². The van der Waals surface area contributed by atoms with Gasteiger partial charge in [-0.25, -0.2) is 0 Å². The smallest absolute Gasteiger partial charge is 0.259 e. The number of nitrogens with one attached hydrogen (secondary N) is 1. The molecule has 0 atom stereocenters. The quantitative estimate of drug-likeness (QED) is 0.808. The van der Waals surface area contributed by atoms with Crippen LogP contribution in [0.15, 0.2) is 18.8 Å². The summed E-state index contributed by atoms with van der Waals surface area (Å²) in [5.41, 5.74) is 1.18. The molecule has 6 heteroatoms. The Morgan fingerprint density at radius 1 is 1.38 bits per heavy atom. The van der Waals surface area contributed by atoms with Crippen LogP contribution in [0.4, 0.5) is 0 Å². The molecule has 0 aliphatic carbocycles. The first-order valence-corrected chi connectivity index (χ1v) is 6.65. The van der Waals surface area contributed by atoms with Crippen molar-refractivity contribution in [3.8, 4) is 17.2 Å². The van der Waals surface area contributed by atoms with Crippen LogP contribution in [0.5, 0.6) is 17.2 Å². The molecule has 1 aromatic carbocycles. The Morgan fingerprint density at radius 3 is 2.76 bits per heavy atom. The first kappa shape index (κ1) is 15.2. The van der Waals surface area contributed by atoms with E-state index in [0.717, 1.165) is 5.56 Å². The van der Waals surface area contributed by atoms with E-state index in [0.29, 0.717) is 49.2 Å². The van der Waals surface area contributed by atoms with Crippen LogP contribution in [0.3, 0.4) is 0 Å². The standard InChI is InChI=1S/C15H19NO5/c1-4-16-15(17)12-10(2)9-11(19-6-5-18-3)13-14(12)21-8-7-20-13/h4,9H,1,5-8H2,2-3H3,(H,16,17). The van der Waals surface area contributed by atoms with Crippen LogP contribution < -0.4 is 19.5 Å². The lowest BCUT2D eigenvalue weighted by atomic mass is 10.0. The number of aryl methyl sites for hydroxylation is 1. The van der Waals surface area contributed by atoms with Crippen LogP contribution >= 0.6 is 0 Å². The monoisotopic (exact) mass is 293 g/mol. The molecule has 21 heavy (non-hydrogen) atoms. The molecule has 1 aromatic rings. The molecule has 1 aliphatic rings. The predicted octanol–water partition coefficient (Wildman–Crippen LogP) is 1.66. The minimum atomic E-state index is -0.285. The maximum Gasteiger partial charge on any atom is 0.259 e. The molecule has 1 amide bonds. The molecule has 0 saturated carbocycles. The van der Waals surface area contributed by atoms with E-state index in [4.69, 9.17) is 18.9 Å². The van der Waals surface area contributed by atoms with Gasteiger partial charge in [0, 0.05) is 7.11 Å². The van der Waals surface area contributed by atoms with Crippen molar-refractivity contribution in [2.24, 2.45) is 0 Å². The molecule has 0 unspecified atom stereocenters. The van der Waals surface area contributed by atoms with E-state index >= 15 is 0 Å². The third-order valence-corrected chi connectivity index (χ3v) is 2.98. The van der Waals surface area contributed by atoms with Gasteiger partial charge < -0.3 is 24.3 Å². The fourth-order valence-corrected chi connectivity index (χ4v) is 2.09. The summed E-state index contributed by atoms with van der Waals surface area (Å²) in [5, 5.41) is 2.55. The van der Waals surface area contributed by atoms with Gasteiger partial charge in [0.05, 0.1) is 12.2 Å². The van der Waals surface area contributed by atoms with Crippen LogP contribution in [0.25, 0.3) is 0 Å². The van der Waals surface area contributed by atoms with E-state index in [1.165, 1.54) is 6.20 Å². The summed E-state index contributed by atoms with van der Waals surface area (Å²) >= 11 is 0. The zero-order valence-electron chi connectivity index (χ0n) is 12.2. The zero-order valence-corrected chi connectivity index (χ0v) is 12.2. The number of carbonyl (C=O) groups excluding carboxylic acids is 1. The van der Waals surface area contributed by atoms with Crippen LogP contribution in [-0.2, 0) is 4.74 Å². The maximum atomic E-state index is 12.1. The minimum absolute atomic E-state index is 0.285. The van der Waals surface area contributed by atoms with Gasteiger partial charge in [-0.1, -0.05) is 6.58 Å². The highest BCUT2D eigenvalue weighted by Crippen LogP contribution is 2.43. The number of hydrogen-bond donors (Lipinski definition) is 1. The number of amides is 1. The van der Waals surface area contributed by atoms with Gasteiger partial charge in [-0.15, -0.1) is 0 Å². The van der Waals surface area contributed by atoms with E-state index in [1.807, 2.05) is 6.92 Å². The van der Waals surface area contributed by atoms with Crippen LogP contribution in [-0.4, -0.2) is 39.4 Å². The number of rotatable bonds is 6. The number of ether oxygens (including phenoxy) is 4. The summed E-state index contributed by atoms with van der Waals surface area (Å²) in [6.07, 6.45) is 1.33. The van der Waals surface area contributed by atoms with Crippen LogP contribution in [0.2, 0.25) is 0 Å². The van der Waals surface area contributed by atoms with E-state index in [9.17, 15) is 4.79 Å². The average molecular weight is 293 g/mol. The third kappa shape index (κ3) is 3.28. The van der Waals surface area contributed by atoms with Crippen molar-refractivity contribution >= 4 is 5.91 Å². The van der Waals surface area contributed by atoms with Gasteiger partial charge in [0.2, 0.25) is 5.75 Å². The first-order valence-electron chi connectivity index (χ1n) is 6.65. The van der Waals surface area contributed by atoms with Crippen LogP contribution in [0, 0.1) is 6.92 Å². The lowest BCUT2D eigenvalue weighted by molar-refractivity contribution is 0.0955. The molecule has 1 N–H and O–H groups in total. The Labute approximate surface area is 123 Å². The summed E-state index contributed by atoms with van der Waals surface area (Å²) < 4.78 is 21.8. The molecule has 0 bridgehead atoms. The number of benzene rings is 1. The van der Waals surface area contributed by atoms with Crippen molar-refractivity contribution < 1.29 is 23.7 Å². The second kappa shape index (κ2) is 6.99. The second-order valence-corrected chi connectivity index (χ2v) is 4.44. The number of methoxy groups -OCH3 is 1. The molecule has 6 nitrogen and oxygen atoms in total. The molecular formula is C15H19NO5. The zero-order chi connectivity index (χ0) is 15.2. The molecular weight excluding hydrogens is 274 g/mol. The van der Waals surface area contributed by atoms with Crippen LogP contribution in [0.1, 0.15) is 15.9 Å². The third-order valence-electron chi connectivity index (χ3n) is 2.98. The van der Waals surface area contributed by atoms with Crippen molar-refractivity contribution in [2.45, 2.75) is 6.92 Å². The SMILES string of the molecule is C=CNC(=O)c1c(C)cc(OCCOC)c2c1OCCO2. The Balaban J connectivity index is 2.40. The number of fused-ring (bicyclic) bond motifs is 1. The lowest BCUT2D eigenvalue weighted by Crippen LogP contribution is -2.24. The Hall–Kier alpha value is -2.21. The largest absolute Gasteiger partial charge is 0.487 e.